The van der Waals surface area contributed by atoms with Crippen LogP contribution in [0.1, 0.15) is 94.6 Å². The molecule has 49 heavy (non-hydrogen) atoms. The molecule has 0 spiro atoms. The Bertz CT molecular complexity index is 2040. The maximum atomic E-state index is 14.3. The molecule has 1 fully saturated rings. The zero-order valence-electron chi connectivity index (χ0n) is 29.3. The van der Waals surface area contributed by atoms with E-state index in [2.05, 4.69) is 60.6 Å². The predicted molar refractivity (Wildman–Crippen MR) is 191 cm³/mol. The molecule has 8 bridgehead atoms. The summed E-state index contributed by atoms with van der Waals surface area (Å²) in [4.78, 5) is 51.4. The number of esters is 2. The number of nitrogens with one attached hydrogen (secondary N) is 4. The van der Waals surface area contributed by atoms with Gasteiger partial charge in [-0.15, -0.1) is 0 Å². The summed E-state index contributed by atoms with van der Waals surface area (Å²) in [7, 11) is 1.30. The van der Waals surface area contributed by atoms with Crippen LogP contribution in [-0.4, -0.2) is 52.4 Å². The standard InChI is InChI=1S/C39H47N5O5/c1-8-11-14-49-32(45)13-12-24-21(6)28-15-26-19(4)22(9-2)29(41-26)16-27-20(5)23(10-3)30(42-27)17-31-25(18-40)33-37(44-31)34(36(24)43-28)35(38(33)46)39(47)48-7/h8-9,11,16-17,21,24,28,35,41-44H,2,10,12-15,18,40H2,1,3-7H3/b11-8+,27-16-,30-17-,36-34-/t21-,24-,28?,35+/m0/s1. The Morgan fingerprint density at radius 1 is 1.08 bits per heavy atom. The van der Waals surface area contributed by atoms with Gasteiger partial charge in [0.05, 0.1) is 12.8 Å². The van der Waals surface area contributed by atoms with Crippen molar-refractivity contribution in [3.8, 4) is 0 Å². The third-order valence-electron chi connectivity index (χ3n) is 10.8. The highest BCUT2D eigenvalue weighted by Gasteiger charge is 2.49. The second-order valence-electron chi connectivity index (χ2n) is 13.3. The minimum atomic E-state index is -1.16. The van der Waals surface area contributed by atoms with E-state index in [-0.39, 0.29) is 49.2 Å². The van der Waals surface area contributed by atoms with Crippen LogP contribution in [0, 0.1) is 31.6 Å². The summed E-state index contributed by atoms with van der Waals surface area (Å²) in [5, 5.41) is 5.68. The van der Waals surface area contributed by atoms with Crippen LogP contribution in [0.4, 0.5) is 0 Å². The van der Waals surface area contributed by atoms with Gasteiger partial charge in [-0.05, 0) is 68.4 Å². The number of H-pyrrole nitrogens is 3. The molecule has 4 atom stereocenters. The number of Topliss-reactive ketones (excluding diaryl/α,β-unsaturated/α-hetero) is 1. The minimum absolute atomic E-state index is 0.0381. The largest absolute Gasteiger partial charge is 0.468 e. The van der Waals surface area contributed by atoms with Crippen molar-refractivity contribution in [2.75, 3.05) is 13.7 Å². The van der Waals surface area contributed by atoms with Crippen molar-refractivity contribution < 1.29 is 23.9 Å². The maximum Gasteiger partial charge on any atom is 0.321 e. The van der Waals surface area contributed by atoms with Gasteiger partial charge in [0.25, 0.3) is 0 Å². The van der Waals surface area contributed by atoms with Crippen molar-refractivity contribution in [2.24, 2.45) is 23.5 Å². The summed E-state index contributed by atoms with van der Waals surface area (Å²) < 4.78 is 10.7. The molecule has 0 amide bonds. The fourth-order valence-corrected chi connectivity index (χ4v) is 8.09. The molecule has 0 saturated carbocycles. The number of aromatic nitrogens is 3. The van der Waals surface area contributed by atoms with Crippen LogP contribution in [-0.2, 0) is 38.4 Å². The molecule has 6 rings (SSSR count). The molecule has 5 heterocycles. The number of hydrogen-bond donors (Lipinski definition) is 5. The predicted octanol–water partition coefficient (Wildman–Crippen LogP) is 3.99. The molecule has 3 aromatic rings. The molecule has 1 unspecified atom stereocenters. The molecule has 3 aromatic heterocycles. The molecule has 6 N–H and O–H groups in total. The molecule has 10 heteroatoms. The van der Waals surface area contributed by atoms with Gasteiger partial charge < -0.3 is 35.5 Å². The van der Waals surface area contributed by atoms with E-state index in [4.69, 9.17) is 15.2 Å². The topological polar surface area (TPSA) is 155 Å². The van der Waals surface area contributed by atoms with E-state index in [0.717, 1.165) is 56.5 Å². The van der Waals surface area contributed by atoms with Gasteiger partial charge in [-0.2, -0.15) is 0 Å². The Morgan fingerprint density at radius 3 is 2.51 bits per heavy atom. The van der Waals surface area contributed by atoms with Crippen molar-refractivity contribution in [3.63, 3.8) is 0 Å². The number of carbonyl (C=O) groups is 3. The van der Waals surface area contributed by atoms with Crippen molar-refractivity contribution in [1.82, 2.24) is 20.3 Å². The lowest BCUT2D eigenvalue weighted by molar-refractivity contribution is -0.143. The lowest BCUT2D eigenvalue weighted by Gasteiger charge is -2.20. The fraction of sp³-hybridized carbons (Fsp3) is 0.410. The summed E-state index contributed by atoms with van der Waals surface area (Å²) in [6.45, 7) is 14.8. The number of hydrogen-bond acceptors (Lipinski definition) is 7. The molecule has 1 aliphatic carbocycles. The third kappa shape index (κ3) is 5.71. The lowest BCUT2D eigenvalue weighted by Crippen LogP contribution is -2.29. The number of methoxy groups -OCH3 is 1. The Balaban J connectivity index is 1.63. The quantitative estimate of drug-likeness (QED) is 0.132. The van der Waals surface area contributed by atoms with Gasteiger partial charge >= 0.3 is 11.9 Å². The van der Waals surface area contributed by atoms with Gasteiger partial charge in [-0.1, -0.05) is 38.7 Å². The number of ketones is 1. The molecule has 0 aromatic carbocycles. The van der Waals surface area contributed by atoms with Crippen LogP contribution in [0.25, 0.3) is 23.8 Å². The number of carbonyl (C=O) groups excluding carboxylic acids is 3. The summed E-state index contributed by atoms with van der Waals surface area (Å²) in [6.07, 6.45) is 11.8. The monoisotopic (exact) mass is 665 g/mol. The van der Waals surface area contributed by atoms with E-state index in [1.807, 2.05) is 25.2 Å². The van der Waals surface area contributed by atoms with Crippen molar-refractivity contribution in [3.05, 3.63) is 91.3 Å². The highest BCUT2D eigenvalue weighted by atomic mass is 16.5. The first kappa shape index (κ1) is 34.0. The minimum Gasteiger partial charge on any atom is -0.468 e. The Hall–Kier alpha value is -4.83. The van der Waals surface area contributed by atoms with Gasteiger partial charge in [0.15, 0.2) is 5.78 Å². The number of allylic oxidation sites excluding steroid dienone is 2. The number of aromatic amines is 3. The smallest absolute Gasteiger partial charge is 0.321 e. The Kier molecular flexibility index (Phi) is 9.44. The van der Waals surface area contributed by atoms with Crippen molar-refractivity contribution >= 4 is 41.5 Å². The lowest BCUT2D eigenvalue weighted by atomic mass is 9.83. The zero-order valence-corrected chi connectivity index (χ0v) is 29.3. The van der Waals surface area contributed by atoms with E-state index >= 15 is 0 Å². The first-order chi connectivity index (χ1) is 23.6. The molecule has 10 nitrogen and oxygen atoms in total. The van der Waals surface area contributed by atoms with Crippen LogP contribution in [0.3, 0.4) is 0 Å². The van der Waals surface area contributed by atoms with Crippen molar-refractivity contribution in [2.45, 2.75) is 72.9 Å². The second-order valence-corrected chi connectivity index (χ2v) is 13.3. The summed E-state index contributed by atoms with van der Waals surface area (Å²) in [5.41, 5.74) is 16.6. The number of ether oxygens (including phenoxy) is 2. The zero-order chi connectivity index (χ0) is 35.1. The van der Waals surface area contributed by atoms with Crippen LogP contribution < -0.4 is 21.7 Å². The van der Waals surface area contributed by atoms with Gasteiger partial charge in [-0.25, -0.2) is 0 Å². The number of fused-ring (bicyclic) bond motifs is 7. The van der Waals surface area contributed by atoms with E-state index in [1.165, 1.54) is 7.11 Å². The highest BCUT2D eigenvalue weighted by molar-refractivity contribution is 6.24. The van der Waals surface area contributed by atoms with E-state index in [0.29, 0.717) is 40.9 Å². The summed E-state index contributed by atoms with van der Waals surface area (Å²) in [5.74, 6) is -2.56. The third-order valence-corrected chi connectivity index (χ3v) is 10.8. The summed E-state index contributed by atoms with van der Waals surface area (Å²) >= 11 is 0. The number of nitrogens with two attached hydrogens (primary N) is 1. The Morgan fingerprint density at radius 2 is 1.84 bits per heavy atom. The Labute approximate surface area is 286 Å². The van der Waals surface area contributed by atoms with E-state index < -0.39 is 11.9 Å². The van der Waals surface area contributed by atoms with Gasteiger partial charge in [0, 0.05) is 87.1 Å². The average Bonchev–Trinajstić information content (AvgIpc) is 3.83. The first-order valence-electron chi connectivity index (χ1n) is 17.2. The summed E-state index contributed by atoms with van der Waals surface area (Å²) in [6, 6.07) is -0.0692. The molecular weight excluding hydrogens is 618 g/mol. The fourth-order valence-electron chi connectivity index (χ4n) is 8.09. The molecule has 3 aliphatic rings. The van der Waals surface area contributed by atoms with Gasteiger partial charge in [0.2, 0.25) is 0 Å². The molecule has 0 radical (unpaired) electrons. The number of rotatable bonds is 9. The molecule has 2 aliphatic heterocycles. The van der Waals surface area contributed by atoms with E-state index in [9.17, 15) is 14.4 Å². The van der Waals surface area contributed by atoms with Crippen molar-refractivity contribution in [1.29, 1.82) is 0 Å². The van der Waals surface area contributed by atoms with Gasteiger partial charge in [0.1, 0.15) is 12.5 Å². The van der Waals surface area contributed by atoms with Crippen LogP contribution in [0.5, 0.6) is 0 Å². The molecular formula is C39H47N5O5. The molecule has 1 saturated heterocycles. The maximum absolute atomic E-state index is 14.3. The normalized spacial score (nSPS) is 23.9. The second kappa shape index (κ2) is 13.6. The SMILES string of the molecule is C=Cc1c2[nH]c(c1C)CC1N/C(=C3\c4[nH]c(c(CN)c4C(=O)[C@@H]3C(=O)OC)/C=c3\[nH]/c(c(C)c3CC)=C\2)[C@@H](CCC(=O)OC/C=C/C)[C@@H]1C. The van der Waals surface area contributed by atoms with E-state index in [1.54, 1.807) is 6.08 Å². The van der Waals surface area contributed by atoms with Gasteiger partial charge in [-0.3, -0.25) is 14.4 Å². The highest BCUT2D eigenvalue weighted by Crippen LogP contribution is 2.47. The van der Waals surface area contributed by atoms with Crippen LogP contribution in [0.2, 0.25) is 0 Å². The van der Waals surface area contributed by atoms with Crippen LogP contribution >= 0.6 is 0 Å². The molecule has 258 valence electrons. The van der Waals surface area contributed by atoms with Crippen LogP contribution in [0.15, 0.2) is 24.4 Å². The average molecular weight is 666 g/mol. The first-order valence-corrected chi connectivity index (χ1v) is 17.2.